The van der Waals surface area contributed by atoms with Gasteiger partial charge in [0.2, 0.25) is 23.6 Å². The van der Waals surface area contributed by atoms with Gasteiger partial charge in [0.15, 0.2) is 0 Å². The van der Waals surface area contributed by atoms with Crippen molar-refractivity contribution in [3.63, 3.8) is 0 Å². The molecule has 3 atom stereocenters. The molecule has 10 nitrogen and oxygen atoms in total. The Bertz CT molecular complexity index is 1190. The van der Waals surface area contributed by atoms with Crippen LogP contribution in [-0.4, -0.2) is 60.0 Å². The molecule has 2 aromatic rings. The molecule has 1 aliphatic heterocycles. The predicted octanol–water partition coefficient (Wildman–Crippen LogP) is 1.19. The lowest BCUT2D eigenvalue weighted by molar-refractivity contribution is -0.133. The third kappa shape index (κ3) is 9.08. The minimum atomic E-state index is -1.02. The molecule has 0 aromatic heterocycles. The summed E-state index contributed by atoms with van der Waals surface area (Å²) >= 11 is 0. The van der Waals surface area contributed by atoms with Gasteiger partial charge in [-0.25, -0.2) is 0 Å². The van der Waals surface area contributed by atoms with Crippen molar-refractivity contribution in [1.29, 1.82) is 0 Å². The molecule has 0 radical (unpaired) electrons. The number of aromatic hydroxyl groups is 1. The van der Waals surface area contributed by atoms with E-state index in [4.69, 9.17) is 5.73 Å². The molecule has 0 spiro atoms. The van der Waals surface area contributed by atoms with Gasteiger partial charge in [0.1, 0.15) is 17.8 Å². The maximum atomic E-state index is 13.5. The van der Waals surface area contributed by atoms with E-state index in [2.05, 4.69) is 21.3 Å². The molecular formula is C30H41N5O5. The molecule has 2 aromatic carbocycles. The number of rotatable bonds is 6. The van der Waals surface area contributed by atoms with E-state index in [-0.39, 0.29) is 30.0 Å². The third-order valence-electron chi connectivity index (χ3n) is 6.87. The van der Waals surface area contributed by atoms with Crippen molar-refractivity contribution in [3.05, 3.63) is 65.2 Å². The van der Waals surface area contributed by atoms with Crippen LogP contribution in [0, 0.1) is 0 Å². The number of hydrogen-bond acceptors (Lipinski definition) is 6. The van der Waals surface area contributed by atoms with Crippen LogP contribution in [0.3, 0.4) is 0 Å². The van der Waals surface area contributed by atoms with Gasteiger partial charge < -0.3 is 32.1 Å². The number of amides is 4. The Morgan fingerprint density at radius 3 is 2.45 bits per heavy atom. The summed E-state index contributed by atoms with van der Waals surface area (Å²) in [6.45, 7) is 6.06. The normalized spacial score (nSPS) is 20.1. The molecule has 1 aliphatic rings. The highest BCUT2D eigenvalue weighted by Gasteiger charge is 2.29. The Morgan fingerprint density at radius 2 is 1.75 bits per heavy atom. The van der Waals surface area contributed by atoms with E-state index in [0.717, 1.165) is 11.1 Å². The van der Waals surface area contributed by atoms with Crippen molar-refractivity contribution in [1.82, 2.24) is 21.3 Å². The summed E-state index contributed by atoms with van der Waals surface area (Å²) in [5.74, 6) is -1.68. The molecule has 0 saturated carbocycles. The molecule has 3 rings (SSSR count). The van der Waals surface area contributed by atoms with Crippen LogP contribution in [0.5, 0.6) is 5.75 Å². The third-order valence-corrected chi connectivity index (χ3v) is 6.87. The number of carbonyl (C=O) groups is 4. The molecule has 0 aliphatic carbocycles. The lowest BCUT2D eigenvalue weighted by Gasteiger charge is -2.25. The fourth-order valence-corrected chi connectivity index (χ4v) is 4.59. The summed E-state index contributed by atoms with van der Waals surface area (Å²) in [7, 11) is 0. The molecule has 1 fully saturated rings. The van der Waals surface area contributed by atoms with E-state index < -0.39 is 35.8 Å². The average Bonchev–Trinajstić information content (AvgIpc) is 2.91. The summed E-state index contributed by atoms with van der Waals surface area (Å²) in [5.41, 5.74) is 8.15. The maximum absolute atomic E-state index is 13.5. The first-order valence-corrected chi connectivity index (χ1v) is 13.7. The van der Waals surface area contributed by atoms with Gasteiger partial charge in [-0.3, -0.25) is 19.2 Å². The van der Waals surface area contributed by atoms with E-state index in [1.807, 2.05) is 57.2 Å². The zero-order valence-corrected chi connectivity index (χ0v) is 23.5. The van der Waals surface area contributed by atoms with Crippen LogP contribution in [0.1, 0.15) is 56.7 Å². The molecular weight excluding hydrogens is 510 g/mol. The van der Waals surface area contributed by atoms with Crippen LogP contribution in [-0.2, 0) is 37.4 Å². The Labute approximate surface area is 235 Å². The lowest BCUT2D eigenvalue weighted by Crippen LogP contribution is -2.56. The first kappa shape index (κ1) is 30.6. The monoisotopic (exact) mass is 551 g/mol. The second-order valence-electron chi connectivity index (χ2n) is 11.3. The Balaban J connectivity index is 1.80. The molecule has 1 heterocycles. The van der Waals surface area contributed by atoms with Crippen LogP contribution in [0.2, 0.25) is 0 Å². The predicted molar refractivity (Wildman–Crippen MR) is 152 cm³/mol. The van der Waals surface area contributed by atoms with Gasteiger partial charge in [-0.05, 0) is 53.9 Å². The highest BCUT2D eigenvalue weighted by molar-refractivity contribution is 5.94. The topological polar surface area (TPSA) is 163 Å². The van der Waals surface area contributed by atoms with Crippen LogP contribution >= 0.6 is 0 Å². The van der Waals surface area contributed by atoms with Crippen molar-refractivity contribution in [2.24, 2.45) is 5.73 Å². The van der Waals surface area contributed by atoms with E-state index in [0.29, 0.717) is 37.8 Å². The molecule has 0 unspecified atom stereocenters. The van der Waals surface area contributed by atoms with Crippen LogP contribution < -0.4 is 27.0 Å². The van der Waals surface area contributed by atoms with E-state index in [9.17, 15) is 24.3 Å². The Hall–Kier alpha value is -3.92. The van der Waals surface area contributed by atoms with Crippen LogP contribution in [0.4, 0.5) is 0 Å². The van der Waals surface area contributed by atoms with Crippen molar-refractivity contribution < 1.29 is 24.3 Å². The average molecular weight is 552 g/mol. The molecule has 4 amide bonds. The molecule has 7 N–H and O–H groups in total. The number of nitrogens with one attached hydrogen (secondary N) is 4. The van der Waals surface area contributed by atoms with E-state index >= 15 is 0 Å². The molecule has 40 heavy (non-hydrogen) atoms. The van der Waals surface area contributed by atoms with Crippen LogP contribution in [0.25, 0.3) is 0 Å². The van der Waals surface area contributed by atoms with Gasteiger partial charge >= 0.3 is 0 Å². The lowest BCUT2D eigenvalue weighted by atomic mass is 9.84. The van der Waals surface area contributed by atoms with Gasteiger partial charge in [0.25, 0.3) is 0 Å². The Morgan fingerprint density at radius 1 is 1.02 bits per heavy atom. The summed E-state index contributed by atoms with van der Waals surface area (Å²) < 4.78 is 0. The minimum Gasteiger partial charge on any atom is -0.508 e. The highest BCUT2D eigenvalue weighted by atomic mass is 16.3. The number of benzene rings is 2. The number of hydrogen-bond donors (Lipinski definition) is 6. The SMILES string of the molecule is CC(C)(C)c1cc(C[C@@H]2NC(=O)[C@@H](NC(=O)[C@@H](N)Cc3ccccc3)CCCCNC(=O)CNC2=O)ccc1O. The van der Waals surface area contributed by atoms with Crippen molar-refractivity contribution in [2.45, 2.75) is 76.4 Å². The van der Waals surface area contributed by atoms with Gasteiger partial charge in [0.05, 0.1) is 12.6 Å². The van der Waals surface area contributed by atoms with Gasteiger partial charge in [-0.1, -0.05) is 63.2 Å². The first-order valence-electron chi connectivity index (χ1n) is 13.7. The zero-order valence-electron chi connectivity index (χ0n) is 23.5. The second kappa shape index (κ2) is 13.9. The number of phenols is 1. The first-order chi connectivity index (χ1) is 18.9. The summed E-state index contributed by atoms with van der Waals surface area (Å²) in [5, 5.41) is 21.3. The van der Waals surface area contributed by atoms with Crippen molar-refractivity contribution in [3.8, 4) is 5.75 Å². The van der Waals surface area contributed by atoms with Gasteiger partial charge in [0, 0.05) is 13.0 Å². The minimum absolute atomic E-state index is 0.122. The quantitative estimate of drug-likeness (QED) is 0.316. The van der Waals surface area contributed by atoms with Gasteiger partial charge in [-0.15, -0.1) is 0 Å². The summed E-state index contributed by atoms with van der Waals surface area (Å²) in [6.07, 6.45) is 1.91. The summed E-state index contributed by atoms with van der Waals surface area (Å²) in [4.78, 5) is 51.7. The number of phenolic OH excluding ortho intramolecular Hbond substituents is 1. The zero-order chi connectivity index (χ0) is 29.3. The molecule has 1 saturated heterocycles. The largest absolute Gasteiger partial charge is 0.508 e. The van der Waals surface area contributed by atoms with E-state index in [1.165, 1.54) is 0 Å². The van der Waals surface area contributed by atoms with Crippen molar-refractivity contribution >= 4 is 23.6 Å². The molecule has 216 valence electrons. The fourth-order valence-electron chi connectivity index (χ4n) is 4.59. The maximum Gasteiger partial charge on any atom is 0.243 e. The fraction of sp³-hybridized carbons (Fsp3) is 0.467. The summed E-state index contributed by atoms with van der Waals surface area (Å²) in [6, 6.07) is 11.7. The van der Waals surface area contributed by atoms with Gasteiger partial charge in [-0.2, -0.15) is 0 Å². The van der Waals surface area contributed by atoms with Crippen LogP contribution in [0.15, 0.2) is 48.5 Å². The van der Waals surface area contributed by atoms with Crippen molar-refractivity contribution in [2.75, 3.05) is 13.1 Å². The van der Waals surface area contributed by atoms with E-state index in [1.54, 1.807) is 12.1 Å². The highest BCUT2D eigenvalue weighted by Crippen LogP contribution is 2.31. The second-order valence-corrected chi connectivity index (χ2v) is 11.3. The number of carbonyl (C=O) groups excluding carboxylic acids is 4. The Kier molecular flexibility index (Phi) is 10.7. The number of nitrogens with two attached hydrogens (primary N) is 1. The molecule has 10 heteroatoms. The standard InChI is InChI=1S/C30H41N5O5/c1-30(2,3)21-15-20(12-13-25(21)36)17-24-28(39)33-18-26(37)32-14-8-7-11-23(29(40)35-24)34-27(38)22(31)16-19-9-5-4-6-10-19/h4-6,9-10,12-13,15,22-24,36H,7-8,11,14,16-18,31H2,1-3H3,(H,32,37)(H,33,39)(H,34,38)(H,35,40)/t22-,23-,24-/m0/s1. The smallest absolute Gasteiger partial charge is 0.243 e. The molecule has 0 bridgehead atoms.